The SMILES string of the molecule is COc1ncc(-c2cncc(C(=O)N[C@H](C)c3ccc(-c4cc(C(F)(F)F)ccc4CNC(=O)OC(C)(C)C)cc3)c2)cn1. The lowest BCUT2D eigenvalue weighted by Gasteiger charge is -2.20. The third-order valence-corrected chi connectivity index (χ3v) is 6.47. The normalized spacial score (nSPS) is 12.3. The van der Waals surface area contributed by atoms with Crippen LogP contribution < -0.4 is 15.4 Å². The van der Waals surface area contributed by atoms with Crippen molar-refractivity contribution in [2.24, 2.45) is 0 Å². The Morgan fingerprint density at radius 3 is 2.18 bits per heavy atom. The van der Waals surface area contributed by atoms with Crippen molar-refractivity contribution in [3.8, 4) is 28.3 Å². The monoisotopic (exact) mass is 607 g/mol. The van der Waals surface area contributed by atoms with Gasteiger partial charge in [-0.1, -0.05) is 30.3 Å². The van der Waals surface area contributed by atoms with Gasteiger partial charge in [-0.25, -0.2) is 14.8 Å². The molecule has 0 saturated carbocycles. The third kappa shape index (κ3) is 8.30. The van der Waals surface area contributed by atoms with Gasteiger partial charge in [-0.2, -0.15) is 13.2 Å². The molecule has 12 heteroatoms. The minimum absolute atomic E-state index is 0.0354. The molecular formula is C32H32F3N5O4. The topological polar surface area (TPSA) is 115 Å². The highest BCUT2D eigenvalue weighted by molar-refractivity contribution is 5.95. The lowest BCUT2D eigenvalue weighted by Crippen LogP contribution is -2.32. The number of rotatable bonds is 8. The fourth-order valence-electron chi connectivity index (χ4n) is 4.26. The molecule has 2 amide bonds. The lowest BCUT2D eigenvalue weighted by atomic mass is 9.95. The van der Waals surface area contributed by atoms with Crippen LogP contribution in [0.5, 0.6) is 6.01 Å². The average molecular weight is 608 g/mol. The number of ether oxygens (including phenoxy) is 2. The molecule has 0 bridgehead atoms. The third-order valence-electron chi connectivity index (χ3n) is 6.47. The number of pyridine rings is 1. The molecule has 0 saturated heterocycles. The van der Waals surface area contributed by atoms with Crippen LogP contribution in [0.4, 0.5) is 18.0 Å². The van der Waals surface area contributed by atoms with Gasteiger partial charge < -0.3 is 20.1 Å². The van der Waals surface area contributed by atoms with Gasteiger partial charge in [-0.05, 0) is 68.1 Å². The van der Waals surface area contributed by atoms with E-state index in [1.54, 1.807) is 76.6 Å². The lowest BCUT2D eigenvalue weighted by molar-refractivity contribution is -0.137. The van der Waals surface area contributed by atoms with Gasteiger partial charge in [-0.15, -0.1) is 0 Å². The molecule has 0 aliphatic rings. The summed E-state index contributed by atoms with van der Waals surface area (Å²) in [4.78, 5) is 37.5. The highest BCUT2D eigenvalue weighted by Crippen LogP contribution is 2.34. The van der Waals surface area contributed by atoms with E-state index in [0.29, 0.717) is 33.4 Å². The van der Waals surface area contributed by atoms with E-state index in [1.807, 2.05) is 0 Å². The summed E-state index contributed by atoms with van der Waals surface area (Å²) in [6, 6.07) is 11.6. The largest absolute Gasteiger partial charge is 0.467 e. The Morgan fingerprint density at radius 2 is 1.57 bits per heavy atom. The molecule has 4 aromatic rings. The van der Waals surface area contributed by atoms with Crippen LogP contribution in [-0.4, -0.2) is 39.7 Å². The first-order chi connectivity index (χ1) is 20.7. The molecular weight excluding hydrogens is 575 g/mol. The summed E-state index contributed by atoms with van der Waals surface area (Å²) in [5.74, 6) is -0.362. The number of aromatic nitrogens is 3. The molecule has 2 heterocycles. The minimum Gasteiger partial charge on any atom is -0.467 e. The Labute approximate surface area is 252 Å². The maximum absolute atomic E-state index is 13.6. The van der Waals surface area contributed by atoms with Crippen LogP contribution in [0.15, 0.2) is 73.3 Å². The molecule has 1 atom stereocenters. The summed E-state index contributed by atoms with van der Waals surface area (Å²) < 4.78 is 50.9. The van der Waals surface area contributed by atoms with Crippen LogP contribution in [0, 0.1) is 0 Å². The summed E-state index contributed by atoms with van der Waals surface area (Å²) in [6.45, 7) is 6.90. The van der Waals surface area contributed by atoms with Gasteiger partial charge in [0.15, 0.2) is 0 Å². The summed E-state index contributed by atoms with van der Waals surface area (Å²) in [7, 11) is 1.46. The first kappa shape index (κ1) is 31.9. The molecule has 0 unspecified atom stereocenters. The van der Waals surface area contributed by atoms with E-state index in [2.05, 4.69) is 25.6 Å². The number of carbonyl (C=O) groups is 2. The molecule has 0 spiro atoms. The van der Waals surface area contributed by atoms with Crippen molar-refractivity contribution in [3.05, 3.63) is 95.6 Å². The molecule has 44 heavy (non-hydrogen) atoms. The zero-order valence-corrected chi connectivity index (χ0v) is 24.8. The van der Waals surface area contributed by atoms with Crippen LogP contribution in [0.2, 0.25) is 0 Å². The Balaban J connectivity index is 1.51. The zero-order chi connectivity index (χ0) is 32.1. The van der Waals surface area contributed by atoms with Gasteiger partial charge >= 0.3 is 18.3 Å². The van der Waals surface area contributed by atoms with Gasteiger partial charge in [0.1, 0.15) is 5.60 Å². The number of alkyl carbamates (subject to hydrolysis) is 1. The number of halogens is 3. The highest BCUT2D eigenvalue weighted by Gasteiger charge is 2.31. The van der Waals surface area contributed by atoms with Crippen LogP contribution in [0.25, 0.3) is 22.3 Å². The van der Waals surface area contributed by atoms with E-state index < -0.39 is 29.5 Å². The van der Waals surface area contributed by atoms with E-state index >= 15 is 0 Å². The second-order valence-corrected chi connectivity index (χ2v) is 11.0. The van der Waals surface area contributed by atoms with Gasteiger partial charge in [-0.3, -0.25) is 9.78 Å². The van der Waals surface area contributed by atoms with Crippen molar-refractivity contribution in [1.29, 1.82) is 0 Å². The van der Waals surface area contributed by atoms with Crippen molar-refractivity contribution >= 4 is 12.0 Å². The first-order valence-corrected chi connectivity index (χ1v) is 13.6. The van der Waals surface area contributed by atoms with Crippen LogP contribution >= 0.6 is 0 Å². The van der Waals surface area contributed by atoms with E-state index in [4.69, 9.17) is 9.47 Å². The van der Waals surface area contributed by atoms with Crippen molar-refractivity contribution < 1.29 is 32.2 Å². The standard InChI is InChI=1S/C32H32F3N5O4/c1-19(40-28(41)24-12-23(14-36-15-24)25-17-37-29(43-5)38-18-25)20-6-8-21(9-7-20)27-13-26(32(33,34)35)11-10-22(27)16-39-30(42)44-31(2,3)4/h6-15,17-19H,16H2,1-5H3,(H,39,42)(H,40,41)/t19-/m1/s1. The predicted octanol–water partition coefficient (Wildman–Crippen LogP) is 6.75. The molecule has 0 aliphatic heterocycles. The Kier molecular flexibility index (Phi) is 9.51. The van der Waals surface area contributed by atoms with E-state index in [-0.39, 0.29) is 18.5 Å². The van der Waals surface area contributed by atoms with Crippen LogP contribution in [0.1, 0.15) is 60.8 Å². The number of amides is 2. The fourth-order valence-corrected chi connectivity index (χ4v) is 4.26. The number of carbonyl (C=O) groups excluding carboxylic acids is 2. The van der Waals surface area contributed by atoms with Crippen LogP contribution in [0.3, 0.4) is 0 Å². The van der Waals surface area contributed by atoms with Crippen LogP contribution in [-0.2, 0) is 17.5 Å². The molecule has 2 aromatic carbocycles. The molecule has 4 rings (SSSR count). The second-order valence-electron chi connectivity index (χ2n) is 11.0. The van der Waals surface area contributed by atoms with Crippen molar-refractivity contribution in [3.63, 3.8) is 0 Å². The van der Waals surface area contributed by atoms with Gasteiger partial charge in [0.2, 0.25) is 0 Å². The number of benzene rings is 2. The van der Waals surface area contributed by atoms with Crippen molar-refractivity contribution in [1.82, 2.24) is 25.6 Å². The smallest absolute Gasteiger partial charge is 0.416 e. The minimum atomic E-state index is -4.54. The number of methoxy groups -OCH3 is 1. The molecule has 230 valence electrons. The molecule has 0 radical (unpaired) electrons. The number of hydrogen-bond acceptors (Lipinski definition) is 7. The number of alkyl halides is 3. The highest BCUT2D eigenvalue weighted by atomic mass is 19.4. The number of nitrogens with one attached hydrogen (secondary N) is 2. The Hall–Kier alpha value is -5.00. The summed E-state index contributed by atoms with van der Waals surface area (Å²) in [5, 5.41) is 5.52. The summed E-state index contributed by atoms with van der Waals surface area (Å²) >= 11 is 0. The van der Waals surface area contributed by atoms with E-state index in [0.717, 1.165) is 17.7 Å². The molecule has 2 N–H and O–H groups in total. The quantitative estimate of drug-likeness (QED) is 0.228. The molecule has 2 aromatic heterocycles. The van der Waals surface area contributed by atoms with Gasteiger partial charge in [0.25, 0.3) is 5.91 Å². The predicted molar refractivity (Wildman–Crippen MR) is 158 cm³/mol. The van der Waals surface area contributed by atoms with Crippen molar-refractivity contribution in [2.75, 3.05) is 7.11 Å². The second kappa shape index (κ2) is 13.1. The maximum atomic E-state index is 13.6. The molecule has 0 fully saturated rings. The van der Waals surface area contributed by atoms with Gasteiger partial charge in [0.05, 0.1) is 24.3 Å². The summed E-state index contributed by atoms with van der Waals surface area (Å²) in [6.07, 6.45) is 0.948. The molecule has 9 nitrogen and oxygen atoms in total. The van der Waals surface area contributed by atoms with Crippen molar-refractivity contribution in [2.45, 2.75) is 52.1 Å². The number of nitrogens with zero attached hydrogens (tertiary/aromatic N) is 3. The fraction of sp³-hybridized carbons (Fsp3) is 0.281. The Morgan fingerprint density at radius 1 is 0.886 bits per heavy atom. The Bertz CT molecular complexity index is 1620. The van der Waals surface area contributed by atoms with E-state index in [1.165, 1.54) is 19.4 Å². The first-order valence-electron chi connectivity index (χ1n) is 13.6. The maximum Gasteiger partial charge on any atom is 0.416 e. The average Bonchev–Trinajstić information content (AvgIpc) is 2.99. The number of hydrogen-bond donors (Lipinski definition) is 2. The summed E-state index contributed by atoms with van der Waals surface area (Å²) in [5.41, 5.74) is 2.13. The van der Waals surface area contributed by atoms with E-state index in [9.17, 15) is 22.8 Å². The van der Waals surface area contributed by atoms with Gasteiger partial charge in [0, 0.05) is 42.5 Å². The zero-order valence-electron chi connectivity index (χ0n) is 24.8. The molecule has 0 aliphatic carbocycles.